The summed E-state index contributed by atoms with van der Waals surface area (Å²) in [5.41, 5.74) is 0.421. The Balaban J connectivity index is 1.87. The molecule has 1 amide bonds. The third-order valence-corrected chi connectivity index (χ3v) is 4.16. The van der Waals surface area contributed by atoms with Gasteiger partial charge in [-0.3, -0.25) is 4.79 Å². The van der Waals surface area contributed by atoms with Crippen LogP contribution in [0.4, 0.5) is 0 Å². The molecule has 1 heterocycles. The molecule has 1 fully saturated rings. The summed E-state index contributed by atoms with van der Waals surface area (Å²) in [4.78, 5) is 13.6. The van der Waals surface area contributed by atoms with Gasteiger partial charge in [-0.05, 0) is 35.2 Å². The van der Waals surface area contributed by atoms with Gasteiger partial charge in [-0.1, -0.05) is 12.8 Å². The summed E-state index contributed by atoms with van der Waals surface area (Å²) in [5, 5.41) is 14.2. The van der Waals surface area contributed by atoms with E-state index >= 15 is 0 Å². The summed E-state index contributed by atoms with van der Waals surface area (Å²) in [5.74, 6) is 0.0868. The lowest BCUT2D eigenvalue weighted by Crippen LogP contribution is -2.42. The largest absolute Gasteiger partial charge is 0.388 e. The van der Waals surface area contributed by atoms with Crippen LogP contribution in [0, 0.1) is 0 Å². The lowest BCUT2D eigenvalue weighted by atomic mass is 10.0. The highest BCUT2D eigenvalue weighted by atomic mass is 32.1. The standard InChI is InChI=1S/C13H19NO2S/c1-14(10-13(16)5-2-3-6-13)12(15)8-11-4-7-17-9-11/h4,7,9,16H,2-3,5-6,8,10H2,1H3. The molecule has 0 radical (unpaired) electrons. The molecule has 94 valence electrons. The summed E-state index contributed by atoms with van der Waals surface area (Å²) in [6.45, 7) is 0.468. The first-order valence-corrected chi connectivity index (χ1v) is 7.01. The third kappa shape index (κ3) is 3.30. The molecule has 1 N–H and O–H groups in total. The number of hydrogen-bond donors (Lipinski definition) is 1. The van der Waals surface area contributed by atoms with Gasteiger partial charge >= 0.3 is 0 Å². The molecule has 2 rings (SSSR count). The van der Waals surface area contributed by atoms with E-state index < -0.39 is 5.60 Å². The molecule has 0 spiro atoms. The first-order chi connectivity index (χ1) is 8.09. The Morgan fingerprint density at radius 3 is 2.82 bits per heavy atom. The maximum absolute atomic E-state index is 12.0. The predicted molar refractivity (Wildman–Crippen MR) is 69.1 cm³/mol. The van der Waals surface area contributed by atoms with Crippen molar-refractivity contribution in [3.8, 4) is 0 Å². The highest BCUT2D eigenvalue weighted by Gasteiger charge is 2.33. The first kappa shape index (κ1) is 12.6. The normalized spacial score (nSPS) is 18.2. The van der Waals surface area contributed by atoms with Gasteiger partial charge in [0.2, 0.25) is 5.91 Å². The molecule has 1 saturated carbocycles. The molecule has 4 heteroatoms. The second-order valence-corrected chi connectivity index (χ2v) is 5.77. The minimum Gasteiger partial charge on any atom is -0.388 e. The van der Waals surface area contributed by atoms with Crippen molar-refractivity contribution in [2.75, 3.05) is 13.6 Å². The molecule has 1 aliphatic rings. The van der Waals surface area contributed by atoms with E-state index in [1.54, 1.807) is 23.3 Å². The van der Waals surface area contributed by atoms with Crippen molar-refractivity contribution in [3.63, 3.8) is 0 Å². The van der Waals surface area contributed by atoms with Crippen LogP contribution >= 0.6 is 11.3 Å². The highest BCUT2D eigenvalue weighted by molar-refractivity contribution is 7.07. The average molecular weight is 253 g/mol. The van der Waals surface area contributed by atoms with E-state index in [1.807, 2.05) is 16.8 Å². The number of hydrogen-bond acceptors (Lipinski definition) is 3. The molecule has 3 nitrogen and oxygen atoms in total. The molecule has 0 bridgehead atoms. The summed E-state index contributed by atoms with van der Waals surface area (Å²) in [6, 6.07) is 1.97. The fourth-order valence-electron chi connectivity index (χ4n) is 2.42. The molecule has 1 aliphatic carbocycles. The lowest BCUT2D eigenvalue weighted by Gasteiger charge is -2.28. The number of nitrogens with zero attached hydrogens (tertiary/aromatic N) is 1. The van der Waals surface area contributed by atoms with Crippen molar-refractivity contribution in [2.24, 2.45) is 0 Å². The number of amides is 1. The molecule has 0 saturated heterocycles. The van der Waals surface area contributed by atoms with Crippen LogP contribution in [-0.2, 0) is 11.2 Å². The second kappa shape index (κ2) is 5.19. The minimum atomic E-state index is -0.640. The van der Waals surface area contributed by atoms with Crippen molar-refractivity contribution in [1.82, 2.24) is 4.90 Å². The SMILES string of the molecule is CN(CC1(O)CCCC1)C(=O)Cc1ccsc1. The van der Waals surface area contributed by atoms with Crippen molar-refractivity contribution in [1.29, 1.82) is 0 Å². The number of carbonyl (C=O) groups excluding carboxylic acids is 1. The Morgan fingerprint density at radius 1 is 1.53 bits per heavy atom. The quantitative estimate of drug-likeness (QED) is 0.892. The van der Waals surface area contributed by atoms with Gasteiger partial charge in [-0.25, -0.2) is 0 Å². The van der Waals surface area contributed by atoms with E-state index in [0.717, 1.165) is 31.2 Å². The molecule has 0 unspecified atom stereocenters. The van der Waals surface area contributed by atoms with E-state index in [0.29, 0.717) is 13.0 Å². The van der Waals surface area contributed by atoms with E-state index in [-0.39, 0.29) is 5.91 Å². The average Bonchev–Trinajstić information content (AvgIpc) is 2.90. The lowest BCUT2D eigenvalue weighted by molar-refractivity contribution is -0.132. The monoisotopic (exact) mass is 253 g/mol. The van der Waals surface area contributed by atoms with Crippen LogP contribution in [-0.4, -0.2) is 35.1 Å². The Kier molecular flexibility index (Phi) is 3.84. The molecule has 0 aromatic carbocycles. The number of rotatable bonds is 4. The Hall–Kier alpha value is -0.870. The molecule has 1 aromatic rings. The maximum atomic E-state index is 12.0. The highest BCUT2D eigenvalue weighted by Crippen LogP contribution is 2.30. The second-order valence-electron chi connectivity index (χ2n) is 4.99. The van der Waals surface area contributed by atoms with Crippen LogP contribution < -0.4 is 0 Å². The van der Waals surface area contributed by atoms with Gasteiger partial charge in [0.25, 0.3) is 0 Å². The molecule has 1 aromatic heterocycles. The van der Waals surface area contributed by atoms with Crippen LogP contribution in [0.2, 0.25) is 0 Å². The van der Waals surface area contributed by atoms with Gasteiger partial charge in [-0.15, -0.1) is 0 Å². The Morgan fingerprint density at radius 2 is 2.24 bits per heavy atom. The topological polar surface area (TPSA) is 40.5 Å². The van der Waals surface area contributed by atoms with Crippen molar-refractivity contribution < 1.29 is 9.90 Å². The van der Waals surface area contributed by atoms with Crippen LogP contribution in [0.1, 0.15) is 31.2 Å². The Labute approximate surface area is 106 Å². The maximum Gasteiger partial charge on any atom is 0.226 e. The minimum absolute atomic E-state index is 0.0868. The van der Waals surface area contributed by atoms with E-state index in [2.05, 4.69) is 0 Å². The summed E-state index contributed by atoms with van der Waals surface area (Å²) in [6.07, 6.45) is 4.23. The first-order valence-electron chi connectivity index (χ1n) is 6.06. The zero-order valence-corrected chi connectivity index (χ0v) is 11.0. The van der Waals surface area contributed by atoms with Gasteiger partial charge in [-0.2, -0.15) is 11.3 Å². The zero-order chi connectivity index (χ0) is 12.3. The molecule has 0 atom stereocenters. The number of thiophene rings is 1. The summed E-state index contributed by atoms with van der Waals surface area (Å²) < 4.78 is 0. The van der Waals surface area contributed by atoms with Gasteiger partial charge in [0.05, 0.1) is 12.0 Å². The Bertz CT molecular complexity index is 369. The van der Waals surface area contributed by atoms with Crippen LogP contribution in [0.25, 0.3) is 0 Å². The smallest absolute Gasteiger partial charge is 0.226 e. The molecular weight excluding hydrogens is 234 g/mol. The predicted octanol–water partition coefficient (Wildman–Crippen LogP) is 2.05. The summed E-state index contributed by atoms with van der Waals surface area (Å²) >= 11 is 1.61. The van der Waals surface area contributed by atoms with Crippen LogP contribution in [0.15, 0.2) is 16.8 Å². The van der Waals surface area contributed by atoms with Gasteiger partial charge < -0.3 is 10.0 Å². The van der Waals surface area contributed by atoms with Crippen molar-refractivity contribution >= 4 is 17.2 Å². The molecule has 17 heavy (non-hydrogen) atoms. The fraction of sp³-hybridized carbons (Fsp3) is 0.615. The van der Waals surface area contributed by atoms with Crippen LogP contribution in [0.5, 0.6) is 0 Å². The number of carbonyl (C=O) groups is 1. The third-order valence-electron chi connectivity index (χ3n) is 3.43. The van der Waals surface area contributed by atoms with E-state index in [1.165, 1.54) is 0 Å². The van der Waals surface area contributed by atoms with E-state index in [9.17, 15) is 9.90 Å². The fourth-order valence-corrected chi connectivity index (χ4v) is 3.09. The number of likely N-dealkylation sites (N-methyl/N-ethyl adjacent to an activating group) is 1. The van der Waals surface area contributed by atoms with Gasteiger partial charge in [0.1, 0.15) is 0 Å². The molecule has 0 aliphatic heterocycles. The van der Waals surface area contributed by atoms with E-state index in [4.69, 9.17) is 0 Å². The molecular formula is C13H19NO2S. The van der Waals surface area contributed by atoms with Crippen molar-refractivity contribution in [2.45, 2.75) is 37.7 Å². The van der Waals surface area contributed by atoms with Crippen LogP contribution in [0.3, 0.4) is 0 Å². The summed E-state index contributed by atoms with van der Waals surface area (Å²) in [7, 11) is 1.78. The number of aliphatic hydroxyl groups is 1. The van der Waals surface area contributed by atoms with Gasteiger partial charge in [0.15, 0.2) is 0 Å². The van der Waals surface area contributed by atoms with Crippen molar-refractivity contribution in [3.05, 3.63) is 22.4 Å². The van der Waals surface area contributed by atoms with Gasteiger partial charge in [0, 0.05) is 13.6 Å². The zero-order valence-electron chi connectivity index (χ0n) is 10.2.